The lowest BCUT2D eigenvalue weighted by atomic mass is 10.3. The van der Waals surface area contributed by atoms with Crippen LogP contribution in [0.1, 0.15) is 0 Å². The van der Waals surface area contributed by atoms with E-state index in [1.54, 1.807) is 74.9 Å². The van der Waals surface area contributed by atoms with Gasteiger partial charge in [0.15, 0.2) is 23.0 Å². The standard InChI is InChI=1S/C26H23NO6S/c1-30-23-7-3-5-9-25(23)32-20-13-11-19(12-14-20)27-34(28,29)22-17-15-21(16-18-22)33-26-10-6-4-8-24(26)31-2/h3-18,27H,1-2H3. The molecule has 0 aromatic heterocycles. The van der Waals surface area contributed by atoms with Crippen LogP contribution in [-0.4, -0.2) is 22.6 Å². The highest BCUT2D eigenvalue weighted by molar-refractivity contribution is 7.92. The van der Waals surface area contributed by atoms with Crippen molar-refractivity contribution in [3.05, 3.63) is 97.1 Å². The molecule has 0 radical (unpaired) electrons. The first kappa shape index (κ1) is 23.0. The summed E-state index contributed by atoms with van der Waals surface area (Å²) in [4.78, 5) is 0.106. The summed E-state index contributed by atoms with van der Waals surface area (Å²) in [7, 11) is -0.666. The fourth-order valence-corrected chi connectivity index (χ4v) is 4.21. The minimum Gasteiger partial charge on any atom is -0.493 e. The maximum Gasteiger partial charge on any atom is 0.261 e. The van der Waals surface area contributed by atoms with Crippen molar-refractivity contribution in [2.24, 2.45) is 0 Å². The topological polar surface area (TPSA) is 83.1 Å². The van der Waals surface area contributed by atoms with Gasteiger partial charge in [0.25, 0.3) is 10.0 Å². The first-order chi connectivity index (χ1) is 16.5. The van der Waals surface area contributed by atoms with Gasteiger partial charge in [-0.25, -0.2) is 8.42 Å². The molecule has 0 spiro atoms. The number of hydrogen-bond donors (Lipinski definition) is 1. The fraction of sp³-hybridized carbons (Fsp3) is 0.0769. The Bertz CT molecular complexity index is 1350. The number of sulfonamides is 1. The van der Waals surface area contributed by atoms with Gasteiger partial charge >= 0.3 is 0 Å². The van der Waals surface area contributed by atoms with Crippen LogP contribution < -0.4 is 23.7 Å². The third-order valence-corrected chi connectivity index (χ3v) is 6.23. The van der Waals surface area contributed by atoms with E-state index >= 15 is 0 Å². The number of nitrogens with one attached hydrogen (secondary N) is 1. The molecule has 4 aromatic carbocycles. The number of anilines is 1. The first-order valence-electron chi connectivity index (χ1n) is 10.3. The number of methoxy groups -OCH3 is 2. The predicted molar refractivity (Wildman–Crippen MR) is 130 cm³/mol. The highest BCUT2D eigenvalue weighted by Crippen LogP contribution is 2.33. The summed E-state index contributed by atoms with van der Waals surface area (Å²) in [6.07, 6.45) is 0. The lowest BCUT2D eigenvalue weighted by molar-refractivity contribution is 0.379. The number of para-hydroxylation sites is 4. The van der Waals surface area contributed by atoms with Crippen molar-refractivity contribution in [1.29, 1.82) is 0 Å². The van der Waals surface area contributed by atoms with Crippen LogP contribution in [0.2, 0.25) is 0 Å². The van der Waals surface area contributed by atoms with Crippen molar-refractivity contribution in [3.63, 3.8) is 0 Å². The summed E-state index contributed by atoms with van der Waals surface area (Å²) in [5.41, 5.74) is 0.404. The van der Waals surface area contributed by atoms with E-state index in [0.29, 0.717) is 40.2 Å². The van der Waals surface area contributed by atoms with Crippen LogP contribution >= 0.6 is 0 Å². The van der Waals surface area contributed by atoms with E-state index in [4.69, 9.17) is 18.9 Å². The zero-order valence-corrected chi connectivity index (χ0v) is 19.4. The molecule has 174 valence electrons. The van der Waals surface area contributed by atoms with Gasteiger partial charge in [-0.05, 0) is 72.8 Å². The molecule has 0 fully saturated rings. The van der Waals surface area contributed by atoms with Crippen molar-refractivity contribution in [2.75, 3.05) is 18.9 Å². The van der Waals surface area contributed by atoms with Crippen LogP contribution in [-0.2, 0) is 10.0 Å². The normalized spacial score (nSPS) is 10.9. The molecule has 8 heteroatoms. The van der Waals surface area contributed by atoms with Gasteiger partial charge in [-0.15, -0.1) is 0 Å². The van der Waals surface area contributed by atoms with Crippen molar-refractivity contribution < 1.29 is 27.4 Å². The Morgan fingerprint density at radius 1 is 0.559 bits per heavy atom. The van der Waals surface area contributed by atoms with Crippen molar-refractivity contribution >= 4 is 15.7 Å². The molecular formula is C26H23NO6S. The van der Waals surface area contributed by atoms with Gasteiger partial charge in [0.1, 0.15) is 11.5 Å². The summed E-state index contributed by atoms with van der Waals surface area (Å²) in [5, 5.41) is 0. The first-order valence-corrected chi connectivity index (χ1v) is 11.8. The quantitative estimate of drug-likeness (QED) is 0.314. The average molecular weight is 478 g/mol. The zero-order chi connectivity index (χ0) is 24.0. The lowest BCUT2D eigenvalue weighted by Gasteiger charge is -2.12. The highest BCUT2D eigenvalue weighted by Gasteiger charge is 2.15. The molecule has 0 atom stereocenters. The average Bonchev–Trinajstić information content (AvgIpc) is 2.86. The van der Waals surface area contributed by atoms with Gasteiger partial charge < -0.3 is 18.9 Å². The summed E-state index contributed by atoms with van der Waals surface area (Å²) < 4.78 is 50.4. The molecule has 4 aromatic rings. The number of hydrogen-bond acceptors (Lipinski definition) is 6. The minimum absolute atomic E-state index is 0.106. The fourth-order valence-electron chi connectivity index (χ4n) is 3.15. The van der Waals surface area contributed by atoms with Gasteiger partial charge in [0.05, 0.1) is 19.1 Å². The second-order valence-electron chi connectivity index (χ2n) is 7.11. The van der Waals surface area contributed by atoms with Gasteiger partial charge in [0, 0.05) is 5.69 Å². The van der Waals surface area contributed by atoms with Crippen molar-refractivity contribution in [2.45, 2.75) is 4.90 Å². The monoisotopic (exact) mass is 477 g/mol. The Morgan fingerprint density at radius 3 is 1.41 bits per heavy atom. The Labute approximate surface area is 198 Å². The van der Waals surface area contributed by atoms with E-state index in [9.17, 15) is 8.42 Å². The van der Waals surface area contributed by atoms with Crippen LogP contribution in [0, 0.1) is 0 Å². The van der Waals surface area contributed by atoms with E-state index in [2.05, 4.69) is 4.72 Å². The molecular weight excluding hydrogens is 454 g/mol. The molecule has 34 heavy (non-hydrogen) atoms. The predicted octanol–water partition coefficient (Wildman–Crippen LogP) is 6.09. The van der Waals surface area contributed by atoms with Crippen LogP contribution in [0.5, 0.6) is 34.5 Å². The second kappa shape index (κ2) is 10.2. The Morgan fingerprint density at radius 2 is 0.971 bits per heavy atom. The number of benzene rings is 4. The molecule has 0 saturated carbocycles. The molecule has 1 N–H and O–H groups in total. The largest absolute Gasteiger partial charge is 0.493 e. The SMILES string of the molecule is COc1ccccc1Oc1ccc(NS(=O)(=O)c2ccc(Oc3ccccc3OC)cc2)cc1. The summed E-state index contributed by atoms with van der Waals surface area (Å²) in [6, 6.07) is 27.2. The maximum atomic E-state index is 12.8. The van der Waals surface area contributed by atoms with Gasteiger partial charge in [-0.1, -0.05) is 24.3 Å². The van der Waals surface area contributed by atoms with Crippen LogP contribution in [0.25, 0.3) is 0 Å². The lowest BCUT2D eigenvalue weighted by Crippen LogP contribution is -2.12. The molecule has 7 nitrogen and oxygen atoms in total. The molecule has 0 saturated heterocycles. The van der Waals surface area contributed by atoms with E-state index in [-0.39, 0.29) is 4.90 Å². The second-order valence-corrected chi connectivity index (χ2v) is 8.79. The Hall–Kier alpha value is -4.17. The van der Waals surface area contributed by atoms with Crippen LogP contribution in [0.15, 0.2) is 102 Å². The summed E-state index contributed by atoms with van der Waals surface area (Å²) in [6.45, 7) is 0. The van der Waals surface area contributed by atoms with Crippen LogP contribution in [0.4, 0.5) is 5.69 Å². The summed E-state index contributed by atoms with van der Waals surface area (Å²) in [5.74, 6) is 3.32. The molecule has 0 aliphatic rings. The third-order valence-electron chi connectivity index (χ3n) is 4.83. The smallest absolute Gasteiger partial charge is 0.261 e. The Balaban J connectivity index is 1.43. The van der Waals surface area contributed by atoms with E-state index in [1.807, 2.05) is 24.3 Å². The van der Waals surface area contributed by atoms with E-state index in [1.165, 1.54) is 12.1 Å². The maximum absolute atomic E-state index is 12.8. The van der Waals surface area contributed by atoms with Crippen molar-refractivity contribution in [3.8, 4) is 34.5 Å². The number of ether oxygens (including phenoxy) is 4. The third kappa shape index (κ3) is 5.41. The van der Waals surface area contributed by atoms with E-state index < -0.39 is 10.0 Å². The minimum atomic E-state index is -3.79. The van der Waals surface area contributed by atoms with Gasteiger partial charge in [-0.2, -0.15) is 0 Å². The van der Waals surface area contributed by atoms with E-state index in [0.717, 1.165) is 0 Å². The molecule has 4 rings (SSSR count). The molecule has 0 amide bonds. The highest BCUT2D eigenvalue weighted by atomic mass is 32.2. The molecule has 0 aliphatic heterocycles. The van der Waals surface area contributed by atoms with Gasteiger partial charge in [0.2, 0.25) is 0 Å². The molecule has 0 bridgehead atoms. The molecule has 0 aliphatic carbocycles. The Kier molecular flexibility index (Phi) is 6.89. The summed E-state index contributed by atoms with van der Waals surface area (Å²) >= 11 is 0. The number of rotatable bonds is 9. The zero-order valence-electron chi connectivity index (χ0n) is 18.6. The van der Waals surface area contributed by atoms with Gasteiger partial charge in [-0.3, -0.25) is 4.72 Å². The van der Waals surface area contributed by atoms with Crippen molar-refractivity contribution in [1.82, 2.24) is 0 Å². The molecule has 0 heterocycles. The van der Waals surface area contributed by atoms with Crippen LogP contribution in [0.3, 0.4) is 0 Å². The molecule has 0 unspecified atom stereocenters.